The Morgan fingerprint density at radius 2 is 2.05 bits per heavy atom. The van der Waals surface area contributed by atoms with Crippen molar-refractivity contribution < 1.29 is 4.79 Å². The molecule has 0 saturated heterocycles. The molecule has 1 saturated carbocycles. The van der Waals surface area contributed by atoms with Crippen molar-refractivity contribution in [2.24, 2.45) is 5.92 Å². The Hall–Kier alpha value is -1.06. The first-order valence-corrected chi connectivity index (χ1v) is 7.30. The van der Waals surface area contributed by atoms with Crippen LogP contribution in [0, 0.1) is 5.92 Å². The van der Waals surface area contributed by atoms with Crippen LogP contribution in [0.4, 0.5) is 5.69 Å². The Bertz CT molecular complexity index is 428. The molecule has 0 spiro atoms. The molecule has 1 aliphatic rings. The van der Waals surface area contributed by atoms with Crippen LogP contribution >= 0.6 is 11.6 Å². The molecule has 3 nitrogen and oxygen atoms in total. The lowest BCUT2D eigenvalue weighted by molar-refractivity contribution is -0.115. The zero-order valence-corrected chi connectivity index (χ0v) is 12.0. The third-order valence-corrected chi connectivity index (χ3v) is 3.91. The van der Waals surface area contributed by atoms with Crippen molar-refractivity contribution in [1.29, 1.82) is 0 Å². The van der Waals surface area contributed by atoms with Crippen LogP contribution < -0.4 is 10.6 Å². The van der Waals surface area contributed by atoms with Gasteiger partial charge in [-0.05, 0) is 49.8 Å². The van der Waals surface area contributed by atoms with E-state index >= 15 is 0 Å². The fourth-order valence-corrected chi connectivity index (χ4v) is 2.66. The normalized spacial score (nSPS) is 23.1. The number of amides is 1. The van der Waals surface area contributed by atoms with Crippen LogP contribution in [0.1, 0.15) is 32.6 Å². The summed E-state index contributed by atoms with van der Waals surface area (Å²) in [5.74, 6) is 0.819. The van der Waals surface area contributed by atoms with Crippen molar-refractivity contribution in [2.45, 2.75) is 38.6 Å². The lowest BCUT2D eigenvalue weighted by atomic mass is 9.87. The van der Waals surface area contributed by atoms with E-state index in [1.54, 1.807) is 12.1 Å². The summed E-state index contributed by atoms with van der Waals surface area (Å²) in [6.07, 6.45) is 4.86. The second-order valence-corrected chi connectivity index (χ2v) is 5.83. The van der Waals surface area contributed by atoms with Gasteiger partial charge in [0.2, 0.25) is 5.91 Å². The molecule has 0 aliphatic heterocycles. The van der Waals surface area contributed by atoms with Crippen LogP contribution in [-0.4, -0.2) is 18.5 Å². The Morgan fingerprint density at radius 1 is 1.32 bits per heavy atom. The molecule has 1 aromatic carbocycles. The highest BCUT2D eigenvalue weighted by Gasteiger charge is 2.18. The van der Waals surface area contributed by atoms with E-state index in [2.05, 4.69) is 17.6 Å². The molecule has 1 aromatic rings. The van der Waals surface area contributed by atoms with Crippen molar-refractivity contribution in [1.82, 2.24) is 5.32 Å². The van der Waals surface area contributed by atoms with Gasteiger partial charge in [0.15, 0.2) is 0 Å². The van der Waals surface area contributed by atoms with E-state index in [1.807, 2.05) is 12.1 Å². The lowest BCUT2D eigenvalue weighted by Gasteiger charge is -2.26. The molecule has 0 atom stereocenters. The number of hydrogen-bond acceptors (Lipinski definition) is 2. The fourth-order valence-electron chi connectivity index (χ4n) is 2.47. The number of benzene rings is 1. The van der Waals surface area contributed by atoms with Gasteiger partial charge in [0, 0.05) is 16.8 Å². The molecular formula is C15H21ClN2O. The largest absolute Gasteiger partial charge is 0.325 e. The van der Waals surface area contributed by atoms with Crippen molar-refractivity contribution in [3.05, 3.63) is 29.3 Å². The molecule has 0 aromatic heterocycles. The maximum Gasteiger partial charge on any atom is 0.238 e. The third-order valence-electron chi connectivity index (χ3n) is 3.68. The lowest BCUT2D eigenvalue weighted by Crippen LogP contribution is -2.38. The number of hydrogen-bond donors (Lipinski definition) is 2. The molecule has 0 unspecified atom stereocenters. The number of anilines is 1. The molecule has 19 heavy (non-hydrogen) atoms. The zero-order chi connectivity index (χ0) is 13.7. The van der Waals surface area contributed by atoms with Crippen molar-refractivity contribution in [2.75, 3.05) is 11.9 Å². The topological polar surface area (TPSA) is 41.1 Å². The van der Waals surface area contributed by atoms with Crippen LogP contribution in [0.2, 0.25) is 5.02 Å². The summed E-state index contributed by atoms with van der Waals surface area (Å²) >= 11 is 5.87. The molecule has 0 radical (unpaired) electrons. The molecule has 2 rings (SSSR count). The summed E-state index contributed by atoms with van der Waals surface area (Å²) in [4.78, 5) is 11.8. The highest BCUT2D eigenvalue weighted by molar-refractivity contribution is 6.30. The smallest absolute Gasteiger partial charge is 0.238 e. The van der Waals surface area contributed by atoms with Gasteiger partial charge in [-0.2, -0.15) is 0 Å². The highest BCUT2D eigenvalue weighted by Crippen LogP contribution is 2.23. The molecule has 0 heterocycles. The number of rotatable bonds is 4. The second kappa shape index (κ2) is 6.92. The van der Waals surface area contributed by atoms with Crippen molar-refractivity contribution in [3.63, 3.8) is 0 Å². The predicted molar refractivity (Wildman–Crippen MR) is 79.5 cm³/mol. The summed E-state index contributed by atoms with van der Waals surface area (Å²) in [5.41, 5.74) is 0.747. The maximum absolute atomic E-state index is 11.8. The van der Waals surface area contributed by atoms with Crippen molar-refractivity contribution >= 4 is 23.2 Å². The Morgan fingerprint density at radius 3 is 2.74 bits per heavy atom. The van der Waals surface area contributed by atoms with E-state index in [0.717, 1.165) is 11.6 Å². The van der Waals surface area contributed by atoms with Gasteiger partial charge in [-0.1, -0.05) is 24.6 Å². The van der Waals surface area contributed by atoms with Gasteiger partial charge < -0.3 is 10.6 Å². The van der Waals surface area contributed by atoms with Crippen LogP contribution in [0.15, 0.2) is 24.3 Å². The SMILES string of the molecule is CC1CCC(NCC(=O)Nc2cccc(Cl)c2)CC1. The van der Waals surface area contributed by atoms with Gasteiger partial charge in [0.1, 0.15) is 0 Å². The molecule has 1 amide bonds. The highest BCUT2D eigenvalue weighted by atomic mass is 35.5. The van der Waals surface area contributed by atoms with E-state index < -0.39 is 0 Å². The van der Waals surface area contributed by atoms with E-state index in [1.165, 1.54) is 25.7 Å². The van der Waals surface area contributed by atoms with E-state index in [4.69, 9.17) is 11.6 Å². The van der Waals surface area contributed by atoms with Crippen LogP contribution in [-0.2, 0) is 4.79 Å². The Kier molecular flexibility index (Phi) is 5.23. The molecule has 104 valence electrons. The number of carbonyl (C=O) groups excluding carboxylic acids is 1. The molecular weight excluding hydrogens is 260 g/mol. The number of nitrogens with one attached hydrogen (secondary N) is 2. The van der Waals surface area contributed by atoms with Gasteiger partial charge >= 0.3 is 0 Å². The summed E-state index contributed by atoms with van der Waals surface area (Å²) < 4.78 is 0. The molecule has 2 N–H and O–H groups in total. The standard InChI is InChI=1S/C15H21ClN2O/c1-11-5-7-13(8-6-11)17-10-15(19)18-14-4-2-3-12(16)9-14/h2-4,9,11,13,17H,5-8,10H2,1H3,(H,18,19). The minimum absolute atomic E-state index is 0.0131. The number of halogens is 1. The molecule has 1 aliphatic carbocycles. The zero-order valence-electron chi connectivity index (χ0n) is 11.3. The minimum atomic E-state index is -0.0131. The molecule has 4 heteroatoms. The van der Waals surface area contributed by atoms with E-state index in [0.29, 0.717) is 17.6 Å². The summed E-state index contributed by atoms with van der Waals surface area (Å²) in [6.45, 7) is 2.66. The fraction of sp³-hybridized carbons (Fsp3) is 0.533. The maximum atomic E-state index is 11.8. The predicted octanol–water partition coefficient (Wildman–Crippen LogP) is 3.45. The van der Waals surface area contributed by atoms with Crippen LogP contribution in [0.25, 0.3) is 0 Å². The van der Waals surface area contributed by atoms with Crippen molar-refractivity contribution in [3.8, 4) is 0 Å². The van der Waals surface area contributed by atoms with Gasteiger partial charge in [0.25, 0.3) is 0 Å². The monoisotopic (exact) mass is 280 g/mol. The number of carbonyl (C=O) groups is 1. The Labute approximate surface area is 119 Å². The van der Waals surface area contributed by atoms with E-state index in [-0.39, 0.29) is 5.91 Å². The molecule has 0 bridgehead atoms. The minimum Gasteiger partial charge on any atom is -0.325 e. The first kappa shape index (κ1) is 14.4. The van der Waals surface area contributed by atoms with Crippen LogP contribution in [0.5, 0.6) is 0 Å². The van der Waals surface area contributed by atoms with Crippen LogP contribution in [0.3, 0.4) is 0 Å². The quantitative estimate of drug-likeness (QED) is 0.887. The summed E-state index contributed by atoms with van der Waals surface area (Å²) in [7, 11) is 0. The summed E-state index contributed by atoms with van der Waals surface area (Å²) in [5, 5.41) is 6.81. The Balaban J connectivity index is 1.73. The third kappa shape index (κ3) is 4.84. The first-order chi connectivity index (χ1) is 9.13. The van der Waals surface area contributed by atoms with Gasteiger partial charge in [-0.25, -0.2) is 0 Å². The average molecular weight is 281 g/mol. The van der Waals surface area contributed by atoms with Gasteiger partial charge in [-0.3, -0.25) is 4.79 Å². The summed E-state index contributed by atoms with van der Waals surface area (Å²) in [6, 6.07) is 7.70. The second-order valence-electron chi connectivity index (χ2n) is 5.40. The van der Waals surface area contributed by atoms with Gasteiger partial charge in [-0.15, -0.1) is 0 Å². The van der Waals surface area contributed by atoms with E-state index in [9.17, 15) is 4.79 Å². The van der Waals surface area contributed by atoms with Gasteiger partial charge in [0.05, 0.1) is 6.54 Å². The average Bonchev–Trinajstić information content (AvgIpc) is 2.38. The molecule has 1 fully saturated rings. The first-order valence-electron chi connectivity index (χ1n) is 6.92.